The van der Waals surface area contributed by atoms with Gasteiger partial charge in [-0.2, -0.15) is 0 Å². The van der Waals surface area contributed by atoms with E-state index in [1.165, 1.54) is 12.8 Å². The molecule has 0 spiro atoms. The van der Waals surface area contributed by atoms with Crippen LogP contribution in [0.3, 0.4) is 0 Å². The summed E-state index contributed by atoms with van der Waals surface area (Å²) in [5, 5.41) is 7.26. The Balaban J connectivity index is 1.57. The van der Waals surface area contributed by atoms with E-state index in [1.54, 1.807) is 0 Å². The SMILES string of the molecule is CC1(C)CNCCC(NCc2cccc(N3CCC(N)C3)n2)C1. The van der Waals surface area contributed by atoms with Gasteiger partial charge in [-0.05, 0) is 43.4 Å². The van der Waals surface area contributed by atoms with Gasteiger partial charge in [0.15, 0.2) is 0 Å². The maximum atomic E-state index is 6.01. The summed E-state index contributed by atoms with van der Waals surface area (Å²) in [6.45, 7) is 9.67. The van der Waals surface area contributed by atoms with Gasteiger partial charge in [-0.15, -0.1) is 0 Å². The Labute approximate surface area is 140 Å². The number of pyridine rings is 1. The van der Waals surface area contributed by atoms with Crippen LogP contribution in [0.4, 0.5) is 5.82 Å². The maximum Gasteiger partial charge on any atom is 0.128 e. The van der Waals surface area contributed by atoms with Gasteiger partial charge in [0.2, 0.25) is 0 Å². The van der Waals surface area contributed by atoms with Crippen molar-refractivity contribution in [3.05, 3.63) is 23.9 Å². The number of nitrogens with two attached hydrogens (primary N) is 1. The molecule has 2 fully saturated rings. The van der Waals surface area contributed by atoms with Crippen molar-refractivity contribution in [1.29, 1.82) is 0 Å². The highest BCUT2D eigenvalue weighted by atomic mass is 15.2. The number of hydrogen-bond acceptors (Lipinski definition) is 5. The molecule has 0 amide bonds. The number of nitrogens with zero attached hydrogens (tertiary/aromatic N) is 2. The molecule has 128 valence electrons. The van der Waals surface area contributed by atoms with Crippen LogP contribution in [-0.2, 0) is 6.54 Å². The lowest BCUT2D eigenvalue weighted by Gasteiger charge is -2.26. The zero-order valence-corrected chi connectivity index (χ0v) is 14.5. The Morgan fingerprint density at radius 1 is 1.39 bits per heavy atom. The Morgan fingerprint density at radius 3 is 3.04 bits per heavy atom. The van der Waals surface area contributed by atoms with Crippen molar-refractivity contribution in [3.8, 4) is 0 Å². The molecule has 2 aliphatic heterocycles. The third kappa shape index (κ3) is 4.66. The van der Waals surface area contributed by atoms with Gasteiger partial charge in [0.1, 0.15) is 5.82 Å². The highest BCUT2D eigenvalue weighted by molar-refractivity contribution is 5.40. The minimum absolute atomic E-state index is 0.291. The van der Waals surface area contributed by atoms with Crippen LogP contribution >= 0.6 is 0 Å². The second-order valence-corrected chi connectivity index (χ2v) is 7.89. The molecule has 2 atom stereocenters. The monoisotopic (exact) mass is 317 g/mol. The smallest absolute Gasteiger partial charge is 0.128 e. The average molecular weight is 317 g/mol. The molecule has 0 aliphatic carbocycles. The summed E-state index contributed by atoms with van der Waals surface area (Å²) in [7, 11) is 0. The van der Waals surface area contributed by atoms with Crippen LogP contribution in [0, 0.1) is 5.41 Å². The van der Waals surface area contributed by atoms with Crippen LogP contribution in [0.15, 0.2) is 18.2 Å². The molecule has 0 bridgehead atoms. The van der Waals surface area contributed by atoms with Gasteiger partial charge in [0.25, 0.3) is 0 Å². The Bertz CT molecular complexity index is 516. The highest BCUT2D eigenvalue weighted by Crippen LogP contribution is 2.25. The zero-order chi connectivity index (χ0) is 16.3. The van der Waals surface area contributed by atoms with E-state index in [1.807, 2.05) is 0 Å². The Morgan fingerprint density at radius 2 is 2.26 bits per heavy atom. The number of nitrogens with one attached hydrogen (secondary N) is 2. The summed E-state index contributed by atoms with van der Waals surface area (Å²) < 4.78 is 0. The van der Waals surface area contributed by atoms with E-state index >= 15 is 0 Å². The van der Waals surface area contributed by atoms with E-state index in [9.17, 15) is 0 Å². The lowest BCUT2D eigenvalue weighted by molar-refractivity contribution is 0.295. The fourth-order valence-corrected chi connectivity index (χ4v) is 3.70. The van der Waals surface area contributed by atoms with Crippen molar-refractivity contribution in [2.75, 3.05) is 31.1 Å². The Kier molecular flexibility index (Phi) is 5.19. The van der Waals surface area contributed by atoms with E-state index in [-0.39, 0.29) is 0 Å². The molecular weight excluding hydrogens is 286 g/mol. The molecule has 0 radical (unpaired) electrons. The number of hydrogen-bond donors (Lipinski definition) is 3. The number of rotatable bonds is 4. The normalized spacial score (nSPS) is 27.9. The molecule has 1 aromatic rings. The summed E-state index contributed by atoms with van der Waals surface area (Å²) in [4.78, 5) is 7.12. The molecule has 3 rings (SSSR count). The van der Waals surface area contributed by atoms with Crippen molar-refractivity contribution in [1.82, 2.24) is 15.6 Å². The first-order valence-corrected chi connectivity index (χ1v) is 8.92. The lowest BCUT2D eigenvalue weighted by Crippen LogP contribution is -2.33. The van der Waals surface area contributed by atoms with Gasteiger partial charge in [-0.25, -0.2) is 4.98 Å². The van der Waals surface area contributed by atoms with Gasteiger partial charge in [-0.3, -0.25) is 0 Å². The summed E-state index contributed by atoms with van der Waals surface area (Å²) in [6, 6.07) is 7.18. The Hall–Kier alpha value is -1.17. The zero-order valence-electron chi connectivity index (χ0n) is 14.5. The van der Waals surface area contributed by atoms with Crippen molar-refractivity contribution < 1.29 is 0 Å². The molecule has 1 aromatic heterocycles. The number of aromatic nitrogens is 1. The fourth-order valence-electron chi connectivity index (χ4n) is 3.70. The van der Waals surface area contributed by atoms with Crippen molar-refractivity contribution in [2.45, 2.75) is 51.7 Å². The quantitative estimate of drug-likeness (QED) is 0.785. The molecular formula is C18H31N5. The maximum absolute atomic E-state index is 6.01. The lowest BCUT2D eigenvalue weighted by atomic mass is 9.86. The topological polar surface area (TPSA) is 66.2 Å². The molecule has 5 nitrogen and oxygen atoms in total. The van der Waals surface area contributed by atoms with Crippen molar-refractivity contribution in [3.63, 3.8) is 0 Å². The molecule has 23 heavy (non-hydrogen) atoms. The molecule has 5 heteroatoms. The molecule has 2 unspecified atom stereocenters. The van der Waals surface area contributed by atoms with E-state index in [2.05, 4.69) is 47.6 Å². The predicted octanol–water partition coefficient (Wildman–Crippen LogP) is 1.49. The summed E-state index contributed by atoms with van der Waals surface area (Å²) in [6.07, 6.45) is 3.46. The van der Waals surface area contributed by atoms with E-state index < -0.39 is 0 Å². The van der Waals surface area contributed by atoms with E-state index in [0.29, 0.717) is 17.5 Å². The standard InChI is InChI=1S/C18H31N5/c1-18(2)10-15(6-8-20-13-18)21-11-16-4-3-5-17(22-16)23-9-7-14(19)12-23/h3-5,14-15,20-21H,6-13,19H2,1-2H3. The molecule has 3 heterocycles. The van der Waals surface area contributed by atoms with Gasteiger partial charge in [-0.1, -0.05) is 19.9 Å². The van der Waals surface area contributed by atoms with Crippen LogP contribution < -0.4 is 21.3 Å². The molecule has 0 saturated carbocycles. The highest BCUT2D eigenvalue weighted by Gasteiger charge is 2.26. The fraction of sp³-hybridized carbons (Fsp3) is 0.722. The largest absolute Gasteiger partial charge is 0.355 e. The summed E-state index contributed by atoms with van der Waals surface area (Å²) in [5.41, 5.74) is 7.49. The first-order chi connectivity index (χ1) is 11.0. The predicted molar refractivity (Wildman–Crippen MR) is 95.6 cm³/mol. The van der Waals surface area contributed by atoms with Gasteiger partial charge >= 0.3 is 0 Å². The molecule has 4 N–H and O–H groups in total. The second kappa shape index (κ2) is 7.16. The van der Waals surface area contributed by atoms with Gasteiger partial charge in [0.05, 0.1) is 5.69 Å². The molecule has 2 saturated heterocycles. The summed E-state index contributed by atoms with van der Waals surface area (Å²) in [5.74, 6) is 1.07. The second-order valence-electron chi connectivity index (χ2n) is 7.89. The third-order valence-electron chi connectivity index (χ3n) is 4.98. The van der Waals surface area contributed by atoms with Crippen molar-refractivity contribution in [2.24, 2.45) is 11.1 Å². The van der Waals surface area contributed by atoms with Crippen LogP contribution in [0.5, 0.6) is 0 Å². The number of anilines is 1. The van der Waals surface area contributed by atoms with Crippen molar-refractivity contribution >= 4 is 5.82 Å². The summed E-state index contributed by atoms with van der Waals surface area (Å²) >= 11 is 0. The molecule has 0 aromatic carbocycles. The third-order valence-corrected chi connectivity index (χ3v) is 4.98. The minimum atomic E-state index is 0.291. The van der Waals surface area contributed by atoms with Gasteiger partial charge < -0.3 is 21.3 Å². The minimum Gasteiger partial charge on any atom is -0.355 e. The van der Waals surface area contributed by atoms with Crippen LogP contribution in [0.25, 0.3) is 0 Å². The van der Waals surface area contributed by atoms with E-state index in [4.69, 9.17) is 10.7 Å². The van der Waals surface area contributed by atoms with E-state index in [0.717, 1.165) is 50.7 Å². The first kappa shape index (κ1) is 16.7. The first-order valence-electron chi connectivity index (χ1n) is 8.92. The van der Waals surface area contributed by atoms with Crippen LogP contribution in [0.2, 0.25) is 0 Å². The van der Waals surface area contributed by atoms with Crippen LogP contribution in [0.1, 0.15) is 38.8 Å². The average Bonchev–Trinajstić information content (AvgIpc) is 2.87. The molecule has 2 aliphatic rings. The van der Waals surface area contributed by atoms with Crippen LogP contribution in [-0.4, -0.2) is 43.2 Å². The van der Waals surface area contributed by atoms with Gasteiger partial charge in [0, 0.05) is 38.3 Å².